The van der Waals surface area contributed by atoms with Gasteiger partial charge < -0.3 is 24.5 Å². The fraction of sp³-hybridized carbons (Fsp3) is 0.400. The predicted molar refractivity (Wildman–Crippen MR) is 288 cm³/mol. The van der Waals surface area contributed by atoms with Crippen molar-refractivity contribution in [1.82, 2.24) is 35.3 Å². The molecule has 0 spiro atoms. The van der Waals surface area contributed by atoms with Gasteiger partial charge in [-0.3, -0.25) is 23.0 Å². The van der Waals surface area contributed by atoms with E-state index in [0.717, 1.165) is 11.1 Å². The van der Waals surface area contributed by atoms with Crippen molar-refractivity contribution in [3.8, 4) is 11.4 Å². The number of nitrogens with zero attached hydrogens (tertiary/aromatic N) is 41. The molecule has 0 aliphatic rings. The van der Waals surface area contributed by atoms with E-state index in [0.29, 0.717) is 46.6 Å². The Kier molecular flexibility index (Phi) is 32.1. The number of benzene rings is 3. The zero-order chi connectivity index (χ0) is 65.6. The number of rotatable bonds is 43. The molecule has 1 atom stereocenters. The highest BCUT2D eigenvalue weighted by molar-refractivity contribution is 7.87. The Hall–Kier alpha value is -12.1. The topological polar surface area (TPSA) is 689 Å². The largest absolute Gasteiger partial charge is 0.549 e. The SMILES string of the molecule is CN(C)c1cccc2c(S(=O)(=O)OCCCCOCc3cn(-c4cc(CC(=O)NCCCOP(=O)(O)ON=NN=NN=NN=NN=NN=NN=NN=NN=N)cc(-n5cc(COCCON=NN=NN=NN=NN=NN=NN=NN=NN=N)nn5)c4)nn3)cccc12. The maximum atomic E-state index is 13.2. The molecule has 0 aliphatic carbocycles. The van der Waals surface area contributed by atoms with Gasteiger partial charge in [0, 0.05) is 133 Å². The molecule has 5 aromatic rings. The van der Waals surface area contributed by atoms with Crippen LogP contribution < -0.4 is 10.2 Å². The van der Waals surface area contributed by atoms with E-state index in [2.05, 4.69) is 208 Å². The van der Waals surface area contributed by atoms with Crippen LogP contribution in [0.15, 0.2) is 250 Å². The van der Waals surface area contributed by atoms with Crippen LogP contribution in [0.4, 0.5) is 5.69 Å². The third-order valence-electron chi connectivity index (χ3n) is 9.67. The summed E-state index contributed by atoms with van der Waals surface area (Å²) in [4.78, 5) is 30.0. The molecule has 482 valence electrons. The molecule has 2 aromatic heterocycles. The first-order valence-electron chi connectivity index (χ1n) is 24.8. The molecule has 0 saturated carbocycles. The summed E-state index contributed by atoms with van der Waals surface area (Å²) < 4.78 is 67.5. The molecule has 2 heterocycles. The maximum Gasteiger partial charge on any atom is 0.549 e. The van der Waals surface area contributed by atoms with Crippen LogP contribution in [-0.2, 0) is 66.8 Å². The van der Waals surface area contributed by atoms with Crippen molar-refractivity contribution in [2.24, 2.45) is 178 Å². The van der Waals surface area contributed by atoms with E-state index in [1.54, 1.807) is 48.8 Å². The Morgan fingerprint density at radius 3 is 1.57 bits per heavy atom. The molecule has 0 fully saturated rings. The Morgan fingerprint density at radius 1 is 0.576 bits per heavy atom. The van der Waals surface area contributed by atoms with E-state index in [4.69, 9.17) is 34.1 Å². The van der Waals surface area contributed by atoms with Crippen molar-refractivity contribution in [3.63, 3.8) is 0 Å². The highest BCUT2D eigenvalue weighted by Crippen LogP contribution is 2.43. The lowest BCUT2D eigenvalue weighted by molar-refractivity contribution is -0.120. The number of amides is 1. The predicted octanol–water partition coefficient (Wildman–Crippen LogP) is 10.3. The molecule has 3 aromatic carbocycles. The first kappa shape index (κ1) is 70.6. The molecule has 5 rings (SSSR count). The van der Waals surface area contributed by atoms with E-state index < -0.39 is 23.8 Å². The monoisotopic (exact) mass is 1320 g/mol. The van der Waals surface area contributed by atoms with Crippen LogP contribution >= 0.6 is 7.82 Å². The van der Waals surface area contributed by atoms with E-state index in [1.807, 2.05) is 31.1 Å². The van der Waals surface area contributed by atoms with Gasteiger partial charge in [0.2, 0.25) is 5.91 Å². The summed E-state index contributed by atoms with van der Waals surface area (Å²) in [5.74, 6) is -0.444. The molecule has 57 heteroatoms. The van der Waals surface area contributed by atoms with Crippen molar-refractivity contribution < 1.29 is 50.3 Å². The highest BCUT2D eigenvalue weighted by atomic mass is 32.2. The first-order chi connectivity index (χ1) is 44.9. The van der Waals surface area contributed by atoms with Crippen molar-refractivity contribution >= 4 is 40.3 Å². The molecular weight excluding hydrogens is 1280 g/mol. The van der Waals surface area contributed by atoms with Gasteiger partial charge in [-0.05, 0) is 139 Å². The molecule has 55 nitrogen and oxygen atoms in total. The van der Waals surface area contributed by atoms with Crippen LogP contribution in [0.25, 0.3) is 22.1 Å². The number of fused-ring (bicyclic) bond motifs is 1. The first-order valence-corrected chi connectivity index (χ1v) is 27.7. The number of anilines is 1. The molecule has 1 unspecified atom stereocenters. The number of carbonyl (C=O) groups excluding carboxylic acids is 1. The van der Waals surface area contributed by atoms with E-state index in [9.17, 15) is 22.7 Å². The van der Waals surface area contributed by atoms with Gasteiger partial charge in [0.05, 0.1) is 68.5 Å². The zero-order valence-electron chi connectivity index (χ0n) is 47.1. The Bertz CT molecular complexity index is 3820. The highest BCUT2D eigenvalue weighted by Gasteiger charge is 2.23. The van der Waals surface area contributed by atoms with Crippen LogP contribution in [0.5, 0.6) is 0 Å². The van der Waals surface area contributed by atoms with Crippen molar-refractivity contribution in [1.29, 1.82) is 11.1 Å². The summed E-state index contributed by atoms with van der Waals surface area (Å²) in [5, 5.41) is 123. The zero-order valence-corrected chi connectivity index (χ0v) is 48.8. The number of phosphoric ester groups is 1. The Labute approximate surface area is 511 Å². The van der Waals surface area contributed by atoms with Gasteiger partial charge in [0.15, 0.2) is 0 Å². The molecular formula is C35H45N44O11PS. The normalized spacial score (nSPS) is 13.7. The molecule has 0 bridgehead atoms. The second kappa shape index (κ2) is 41.9. The third kappa shape index (κ3) is 28.6. The second-order valence-electron chi connectivity index (χ2n) is 15.9. The number of ether oxygens (including phenoxy) is 2. The van der Waals surface area contributed by atoms with Gasteiger partial charge in [-0.1, -0.05) is 34.7 Å². The number of nitrogens with one attached hydrogen (secondary N) is 3. The average Bonchev–Trinajstić information content (AvgIpc) is 0.919. The number of phosphoric acid groups is 1. The lowest BCUT2D eigenvalue weighted by Gasteiger charge is -2.16. The second-order valence-corrected chi connectivity index (χ2v) is 18.9. The summed E-state index contributed by atoms with van der Waals surface area (Å²) in [6, 6.07) is 15.6. The summed E-state index contributed by atoms with van der Waals surface area (Å²) >= 11 is 0. The maximum absolute atomic E-state index is 13.2. The van der Waals surface area contributed by atoms with Gasteiger partial charge in [-0.25, -0.2) is 13.9 Å². The molecule has 1 amide bonds. The fourth-order valence-electron chi connectivity index (χ4n) is 6.28. The van der Waals surface area contributed by atoms with Crippen molar-refractivity contribution in [3.05, 3.63) is 83.9 Å². The van der Waals surface area contributed by atoms with E-state index >= 15 is 0 Å². The summed E-state index contributed by atoms with van der Waals surface area (Å²) in [5.41, 5.74) is 15.8. The quantitative estimate of drug-likeness (QED) is 0.00926. The van der Waals surface area contributed by atoms with Crippen molar-refractivity contribution in [2.45, 2.75) is 43.8 Å². The Morgan fingerprint density at radius 2 is 1.04 bits per heavy atom. The molecule has 4 N–H and O–H groups in total. The third-order valence-corrected chi connectivity index (χ3v) is 11.8. The Balaban J connectivity index is 1.09. The van der Waals surface area contributed by atoms with Crippen LogP contribution in [0.2, 0.25) is 0 Å². The number of hydrogen-bond acceptors (Lipinski definition) is 19. The van der Waals surface area contributed by atoms with E-state index in [-0.39, 0.29) is 70.5 Å². The van der Waals surface area contributed by atoms with Gasteiger partial charge in [-0.15, -0.1) is 10.2 Å². The number of aromatic nitrogens is 6. The van der Waals surface area contributed by atoms with E-state index in [1.165, 1.54) is 15.4 Å². The lowest BCUT2D eigenvalue weighted by atomic mass is 10.1. The average molecular weight is 1320 g/mol. The van der Waals surface area contributed by atoms with Gasteiger partial charge in [0.25, 0.3) is 10.1 Å². The fourth-order valence-corrected chi connectivity index (χ4v) is 7.97. The lowest BCUT2D eigenvalue weighted by Crippen LogP contribution is -2.26. The summed E-state index contributed by atoms with van der Waals surface area (Å²) in [6.07, 6.45) is 3.96. The number of hydrogen-bond donors (Lipinski definition) is 4. The smallest absolute Gasteiger partial charge is 0.377 e. The molecule has 0 aliphatic heterocycles. The van der Waals surface area contributed by atoms with Crippen LogP contribution in [-0.4, -0.2) is 103 Å². The van der Waals surface area contributed by atoms with Crippen LogP contribution in [0.3, 0.4) is 0 Å². The number of unbranched alkanes of at least 4 members (excludes halogenated alkanes) is 1. The van der Waals surface area contributed by atoms with Crippen LogP contribution in [0.1, 0.15) is 36.2 Å². The van der Waals surface area contributed by atoms with Gasteiger partial charge in [-0.2, -0.15) is 19.5 Å². The minimum atomic E-state index is -4.77. The van der Waals surface area contributed by atoms with Crippen molar-refractivity contribution in [2.75, 3.05) is 58.6 Å². The minimum absolute atomic E-state index is 0.000328. The molecule has 0 saturated heterocycles. The summed E-state index contributed by atoms with van der Waals surface area (Å²) in [6.45, 7) is -0.149. The summed E-state index contributed by atoms with van der Waals surface area (Å²) in [7, 11) is -5.07. The van der Waals surface area contributed by atoms with Crippen LogP contribution in [0, 0.1) is 11.1 Å². The minimum Gasteiger partial charge on any atom is -0.377 e. The molecule has 0 radical (unpaired) electrons. The standard InChI is InChI=1S/C35H45N44O11PS/c1-77(2)33-10-5-9-32-31(33)8-6-11-34(32)92(83,84)89-15-4-3-13-85-24-27-22-78(73-39-27)29-18-26(20-35(80)38-12-7-14-88-91(81,82)90-76-72-70-68-66-64-62-60-58-56-54-52-50-48-46-44-42-37)19-30(21-29)79-23-28(40-74-79)25-86-16-17-87-75-71-69-67-65-63-61-59-57-55-53-51-49-47-45-43-41-36/h5-6,8-11,18-19,21-23,36-37H,3-4,7,12-17,20,24-25H2,1-2H3,(H,38,80)(H,81,82). The number of carbonyl (C=O) groups is 1. The van der Waals surface area contributed by atoms with Gasteiger partial charge in [0.1, 0.15) is 22.9 Å². The van der Waals surface area contributed by atoms with Gasteiger partial charge >= 0.3 is 7.82 Å². The molecule has 92 heavy (non-hydrogen) atoms.